The van der Waals surface area contributed by atoms with E-state index >= 15 is 0 Å². The fraction of sp³-hybridized carbons (Fsp3) is 0.462. The number of rotatable bonds is 7. The summed E-state index contributed by atoms with van der Waals surface area (Å²) in [4.78, 5) is 4.41. The van der Waals surface area contributed by atoms with Crippen LogP contribution in [0.4, 0.5) is 0 Å². The molecule has 0 radical (unpaired) electrons. The number of sulfonamides is 1. The van der Waals surface area contributed by atoms with Crippen LogP contribution in [0.5, 0.6) is 0 Å². The Morgan fingerprint density at radius 1 is 1.43 bits per heavy atom. The van der Waals surface area contributed by atoms with Gasteiger partial charge >= 0.3 is 0 Å². The summed E-state index contributed by atoms with van der Waals surface area (Å²) in [5.41, 5.74) is 3.44. The van der Waals surface area contributed by atoms with Gasteiger partial charge in [0.05, 0.1) is 22.6 Å². The van der Waals surface area contributed by atoms with Gasteiger partial charge in [-0.25, -0.2) is 18.1 Å². The molecule has 1 fully saturated rings. The predicted octanol–water partition coefficient (Wildman–Crippen LogP) is 1.48. The van der Waals surface area contributed by atoms with E-state index in [4.69, 9.17) is 0 Å². The summed E-state index contributed by atoms with van der Waals surface area (Å²) in [5, 5.41) is 4.92. The Morgan fingerprint density at radius 3 is 2.86 bits per heavy atom. The molecule has 0 saturated heterocycles. The fourth-order valence-corrected chi connectivity index (χ4v) is 3.84. The van der Waals surface area contributed by atoms with E-state index in [1.165, 1.54) is 11.3 Å². The zero-order valence-electron chi connectivity index (χ0n) is 11.7. The molecule has 1 saturated carbocycles. The molecule has 0 aromatic carbocycles. The van der Waals surface area contributed by atoms with Crippen LogP contribution in [0, 0.1) is 0 Å². The van der Waals surface area contributed by atoms with Crippen LogP contribution in [-0.2, 0) is 23.1 Å². The molecule has 2 N–H and O–H groups in total. The van der Waals surface area contributed by atoms with Crippen LogP contribution in [0.2, 0.25) is 0 Å². The molecular formula is C13H18N4O2S2. The lowest BCUT2D eigenvalue weighted by molar-refractivity contribution is 0.580. The maximum atomic E-state index is 12.4. The standard InChI is InChI=1S/C13H18N4O2S2/c1-14-6-12-4-13(7-17(12)11-2-3-11)21(18,19)16-5-10-8-20-9-15-10/h4,7-9,11,14,16H,2-3,5-6H2,1H3. The smallest absolute Gasteiger partial charge is 0.242 e. The predicted molar refractivity (Wildman–Crippen MR) is 81.6 cm³/mol. The first-order valence-electron chi connectivity index (χ1n) is 6.82. The average Bonchev–Trinajstić information content (AvgIpc) is 3.00. The summed E-state index contributed by atoms with van der Waals surface area (Å²) < 4.78 is 29.4. The zero-order valence-corrected chi connectivity index (χ0v) is 13.4. The summed E-state index contributed by atoms with van der Waals surface area (Å²) in [5.74, 6) is 0. The molecule has 2 heterocycles. The zero-order chi connectivity index (χ0) is 14.9. The molecule has 0 atom stereocenters. The molecule has 0 bridgehead atoms. The van der Waals surface area contributed by atoms with Crippen LogP contribution >= 0.6 is 11.3 Å². The van der Waals surface area contributed by atoms with Gasteiger partial charge in [0.25, 0.3) is 0 Å². The number of thiazole rings is 1. The molecule has 114 valence electrons. The number of nitrogens with one attached hydrogen (secondary N) is 2. The second-order valence-corrected chi connectivity index (χ2v) is 7.63. The van der Waals surface area contributed by atoms with Gasteiger partial charge in [-0.2, -0.15) is 0 Å². The Labute approximate surface area is 128 Å². The van der Waals surface area contributed by atoms with Gasteiger partial charge in [-0.05, 0) is 26.0 Å². The van der Waals surface area contributed by atoms with Gasteiger partial charge in [0.2, 0.25) is 10.0 Å². The van der Waals surface area contributed by atoms with Crippen LogP contribution in [0.15, 0.2) is 28.0 Å². The summed E-state index contributed by atoms with van der Waals surface area (Å²) in [6.07, 6.45) is 3.99. The van der Waals surface area contributed by atoms with Crippen molar-refractivity contribution in [3.05, 3.63) is 34.5 Å². The molecule has 2 aromatic rings. The van der Waals surface area contributed by atoms with Crippen LogP contribution < -0.4 is 10.0 Å². The first-order chi connectivity index (χ1) is 10.1. The van der Waals surface area contributed by atoms with Crippen molar-refractivity contribution in [1.82, 2.24) is 19.6 Å². The van der Waals surface area contributed by atoms with Crippen LogP contribution in [0.25, 0.3) is 0 Å². The minimum atomic E-state index is -3.50. The summed E-state index contributed by atoms with van der Waals surface area (Å²) >= 11 is 1.45. The van der Waals surface area contributed by atoms with Crippen molar-refractivity contribution in [2.24, 2.45) is 0 Å². The molecular weight excluding hydrogens is 308 g/mol. The van der Waals surface area contributed by atoms with E-state index in [2.05, 4.69) is 19.6 Å². The second-order valence-electron chi connectivity index (χ2n) is 5.14. The largest absolute Gasteiger partial charge is 0.346 e. The van der Waals surface area contributed by atoms with E-state index in [0.717, 1.165) is 24.2 Å². The maximum absolute atomic E-state index is 12.4. The molecule has 0 unspecified atom stereocenters. The average molecular weight is 326 g/mol. The lowest BCUT2D eigenvalue weighted by atomic mass is 10.4. The van der Waals surface area contributed by atoms with Gasteiger partial charge in [-0.15, -0.1) is 11.3 Å². The molecule has 0 spiro atoms. The molecule has 6 nitrogen and oxygen atoms in total. The first kappa shape index (κ1) is 14.7. The summed E-state index contributed by atoms with van der Waals surface area (Å²) in [7, 11) is -1.64. The van der Waals surface area contributed by atoms with Crippen molar-refractivity contribution >= 4 is 21.4 Å². The van der Waals surface area contributed by atoms with Gasteiger partial charge in [0.1, 0.15) is 0 Å². The third-order valence-corrected chi connectivity index (χ3v) is 5.45. The maximum Gasteiger partial charge on any atom is 0.242 e. The summed E-state index contributed by atoms with van der Waals surface area (Å²) in [6, 6.07) is 2.20. The van der Waals surface area contributed by atoms with Crippen molar-refractivity contribution in [3.8, 4) is 0 Å². The lowest BCUT2D eigenvalue weighted by Gasteiger charge is -2.05. The molecule has 1 aliphatic carbocycles. The third-order valence-electron chi connectivity index (χ3n) is 3.44. The Hall–Kier alpha value is -1.22. The topological polar surface area (TPSA) is 76.0 Å². The third kappa shape index (κ3) is 3.34. The molecule has 8 heteroatoms. The van der Waals surface area contributed by atoms with E-state index in [9.17, 15) is 8.42 Å². The monoisotopic (exact) mass is 326 g/mol. The van der Waals surface area contributed by atoms with Crippen molar-refractivity contribution in [1.29, 1.82) is 0 Å². The Bertz CT molecular complexity index is 703. The highest BCUT2D eigenvalue weighted by Gasteiger charge is 2.28. The highest BCUT2D eigenvalue weighted by atomic mass is 32.2. The molecule has 0 amide bonds. The highest BCUT2D eigenvalue weighted by molar-refractivity contribution is 7.89. The minimum absolute atomic E-state index is 0.224. The second kappa shape index (κ2) is 5.88. The van der Waals surface area contributed by atoms with E-state index in [-0.39, 0.29) is 6.54 Å². The highest BCUT2D eigenvalue weighted by Crippen LogP contribution is 2.37. The van der Waals surface area contributed by atoms with Crippen molar-refractivity contribution < 1.29 is 8.42 Å². The fourth-order valence-electron chi connectivity index (χ4n) is 2.24. The SMILES string of the molecule is CNCc1cc(S(=O)(=O)NCc2cscn2)cn1C1CC1. The van der Waals surface area contributed by atoms with Crippen LogP contribution in [-0.4, -0.2) is 25.0 Å². The Morgan fingerprint density at radius 2 is 2.24 bits per heavy atom. The normalized spacial score (nSPS) is 15.5. The molecule has 1 aliphatic rings. The number of hydrogen-bond donors (Lipinski definition) is 2. The lowest BCUT2D eigenvalue weighted by Crippen LogP contribution is -2.23. The Balaban J connectivity index is 1.79. The quantitative estimate of drug-likeness (QED) is 0.808. The van der Waals surface area contributed by atoms with Crippen molar-refractivity contribution in [2.45, 2.75) is 36.9 Å². The van der Waals surface area contributed by atoms with Gasteiger partial charge in [0, 0.05) is 29.9 Å². The van der Waals surface area contributed by atoms with Gasteiger partial charge in [-0.3, -0.25) is 0 Å². The molecule has 0 aliphatic heterocycles. The molecule has 21 heavy (non-hydrogen) atoms. The number of aromatic nitrogens is 2. The summed E-state index contributed by atoms with van der Waals surface area (Å²) in [6.45, 7) is 0.889. The van der Waals surface area contributed by atoms with Gasteiger partial charge in [0.15, 0.2) is 0 Å². The van der Waals surface area contributed by atoms with E-state index in [0.29, 0.717) is 17.5 Å². The van der Waals surface area contributed by atoms with Gasteiger partial charge < -0.3 is 9.88 Å². The van der Waals surface area contributed by atoms with E-state index < -0.39 is 10.0 Å². The van der Waals surface area contributed by atoms with Gasteiger partial charge in [-0.1, -0.05) is 0 Å². The number of nitrogens with zero attached hydrogens (tertiary/aromatic N) is 2. The molecule has 3 rings (SSSR count). The van der Waals surface area contributed by atoms with Crippen molar-refractivity contribution in [2.75, 3.05) is 7.05 Å². The van der Waals surface area contributed by atoms with Crippen molar-refractivity contribution in [3.63, 3.8) is 0 Å². The minimum Gasteiger partial charge on any atom is -0.346 e. The Kier molecular flexibility index (Phi) is 4.12. The first-order valence-corrected chi connectivity index (χ1v) is 9.25. The number of hydrogen-bond acceptors (Lipinski definition) is 5. The van der Waals surface area contributed by atoms with Crippen LogP contribution in [0.1, 0.15) is 30.3 Å². The molecule has 2 aromatic heterocycles. The van der Waals surface area contributed by atoms with E-state index in [1.807, 2.05) is 12.4 Å². The van der Waals surface area contributed by atoms with E-state index in [1.54, 1.807) is 17.8 Å². The van der Waals surface area contributed by atoms with Crippen LogP contribution in [0.3, 0.4) is 0 Å².